The van der Waals surface area contributed by atoms with Crippen LogP contribution in [0.1, 0.15) is 40.2 Å². The zero-order chi connectivity index (χ0) is 22.5. The molecule has 2 aromatic carbocycles. The first-order valence-electron chi connectivity index (χ1n) is 10.8. The van der Waals surface area contributed by atoms with E-state index in [4.69, 9.17) is 0 Å². The largest absolute Gasteiger partial charge is 0.352 e. The standard InChI is InChI=1S/C25H26FN3O2S/c1-17-23(32-24(28-17)20-5-3-2-4-6-20)25(31)29-13-11-18(12-14-29)15-22(30)27-16-19-7-9-21(26)10-8-19/h2-10,18H,11-16H2,1H3,(H,27,30). The number of carbonyl (C=O) groups is 2. The monoisotopic (exact) mass is 451 g/mol. The predicted octanol–water partition coefficient (Wildman–Crippen LogP) is 4.82. The van der Waals surface area contributed by atoms with Gasteiger partial charge in [0.2, 0.25) is 5.91 Å². The molecular formula is C25H26FN3O2S. The third kappa shape index (κ3) is 5.40. The lowest BCUT2D eigenvalue weighted by molar-refractivity contribution is -0.122. The third-order valence-electron chi connectivity index (χ3n) is 5.79. The summed E-state index contributed by atoms with van der Waals surface area (Å²) in [5.74, 6) is -0.00722. The van der Waals surface area contributed by atoms with Crippen molar-refractivity contribution in [2.24, 2.45) is 5.92 Å². The lowest BCUT2D eigenvalue weighted by Crippen LogP contribution is -2.39. The minimum absolute atomic E-state index is 0.00935. The molecule has 5 nitrogen and oxygen atoms in total. The van der Waals surface area contributed by atoms with Crippen molar-refractivity contribution in [2.45, 2.75) is 32.7 Å². The van der Waals surface area contributed by atoms with Gasteiger partial charge in [0.25, 0.3) is 5.91 Å². The lowest BCUT2D eigenvalue weighted by atomic mass is 9.93. The van der Waals surface area contributed by atoms with Gasteiger partial charge in [-0.2, -0.15) is 0 Å². The highest BCUT2D eigenvalue weighted by Gasteiger charge is 2.27. The maximum absolute atomic E-state index is 13.1. The van der Waals surface area contributed by atoms with Crippen molar-refractivity contribution in [2.75, 3.05) is 13.1 Å². The average Bonchev–Trinajstić information content (AvgIpc) is 3.21. The van der Waals surface area contributed by atoms with E-state index in [0.29, 0.717) is 30.9 Å². The molecule has 2 amide bonds. The number of nitrogens with one attached hydrogen (secondary N) is 1. The number of thiazole rings is 1. The summed E-state index contributed by atoms with van der Waals surface area (Å²) >= 11 is 1.44. The van der Waals surface area contributed by atoms with Gasteiger partial charge in [-0.25, -0.2) is 9.37 Å². The molecule has 3 aromatic rings. The van der Waals surface area contributed by atoms with Crippen LogP contribution in [0.15, 0.2) is 54.6 Å². The molecule has 4 rings (SSSR count). The highest BCUT2D eigenvalue weighted by atomic mass is 32.1. The van der Waals surface area contributed by atoms with E-state index in [0.717, 1.165) is 34.7 Å². The van der Waals surface area contributed by atoms with Gasteiger partial charge < -0.3 is 10.2 Å². The van der Waals surface area contributed by atoms with E-state index in [1.807, 2.05) is 42.2 Å². The molecule has 1 fully saturated rings. The van der Waals surface area contributed by atoms with Crippen LogP contribution in [0.2, 0.25) is 0 Å². The number of aryl methyl sites for hydroxylation is 1. The first-order valence-corrected chi connectivity index (χ1v) is 11.6. The SMILES string of the molecule is Cc1nc(-c2ccccc2)sc1C(=O)N1CCC(CC(=O)NCc2ccc(F)cc2)CC1. The van der Waals surface area contributed by atoms with E-state index in [9.17, 15) is 14.0 Å². The number of amides is 2. The maximum atomic E-state index is 13.1. The first-order chi connectivity index (χ1) is 15.5. The summed E-state index contributed by atoms with van der Waals surface area (Å²) in [6.45, 7) is 3.57. The van der Waals surface area contributed by atoms with Gasteiger partial charge in [0.15, 0.2) is 0 Å². The van der Waals surface area contributed by atoms with E-state index < -0.39 is 0 Å². The molecule has 1 N–H and O–H groups in total. The summed E-state index contributed by atoms with van der Waals surface area (Å²) in [4.78, 5) is 32.5. The van der Waals surface area contributed by atoms with Gasteiger partial charge in [-0.15, -0.1) is 11.3 Å². The van der Waals surface area contributed by atoms with Gasteiger partial charge >= 0.3 is 0 Å². The molecule has 2 heterocycles. The van der Waals surface area contributed by atoms with Gasteiger partial charge in [0, 0.05) is 31.6 Å². The number of benzene rings is 2. The fourth-order valence-corrected chi connectivity index (χ4v) is 4.96. The Labute approximate surface area is 191 Å². The van der Waals surface area contributed by atoms with Crippen LogP contribution in [0.5, 0.6) is 0 Å². The summed E-state index contributed by atoms with van der Waals surface area (Å²) in [7, 11) is 0. The van der Waals surface area contributed by atoms with E-state index in [1.165, 1.54) is 23.5 Å². The second-order valence-electron chi connectivity index (χ2n) is 8.14. The number of hydrogen-bond donors (Lipinski definition) is 1. The third-order valence-corrected chi connectivity index (χ3v) is 6.98. The van der Waals surface area contributed by atoms with Crippen molar-refractivity contribution in [3.05, 3.63) is 76.5 Å². The fraction of sp³-hybridized carbons (Fsp3) is 0.320. The molecule has 1 aliphatic heterocycles. The van der Waals surface area contributed by atoms with Gasteiger partial charge in [-0.05, 0) is 43.4 Å². The molecule has 1 aliphatic rings. The van der Waals surface area contributed by atoms with E-state index in [1.54, 1.807) is 12.1 Å². The number of nitrogens with zero attached hydrogens (tertiary/aromatic N) is 2. The molecule has 0 radical (unpaired) electrons. The molecule has 32 heavy (non-hydrogen) atoms. The number of aromatic nitrogens is 1. The van der Waals surface area contributed by atoms with Gasteiger partial charge in [0.1, 0.15) is 15.7 Å². The first kappa shape index (κ1) is 22.1. The second kappa shape index (κ2) is 10.0. The second-order valence-corrected chi connectivity index (χ2v) is 9.14. The van der Waals surface area contributed by atoms with Crippen LogP contribution in [-0.2, 0) is 11.3 Å². The highest BCUT2D eigenvalue weighted by Crippen LogP contribution is 2.30. The van der Waals surface area contributed by atoms with Crippen LogP contribution >= 0.6 is 11.3 Å². The molecule has 0 unspecified atom stereocenters. The van der Waals surface area contributed by atoms with Crippen LogP contribution in [-0.4, -0.2) is 34.8 Å². The summed E-state index contributed by atoms with van der Waals surface area (Å²) in [6, 6.07) is 16.0. The molecular weight excluding hydrogens is 425 g/mol. The molecule has 166 valence electrons. The van der Waals surface area contributed by atoms with E-state index in [-0.39, 0.29) is 23.5 Å². The Morgan fingerprint density at radius 2 is 1.78 bits per heavy atom. The Kier molecular flexibility index (Phi) is 6.95. The molecule has 0 atom stereocenters. The Morgan fingerprint density at radius 3 is 2.47 bits per heavy atom. The molecule has 7 heteroatoms. The van der Waals surface area contributed by atoms with Crippen LogP contribution in [0.4, 0.5) is 4.39 Å². The van der Waals surface area contributed by atoms with Crippen molar-refractivity contribution in [1.29, 1.82) is 0 Å². The zero-order valence-corrected chi connectivity index (χ0v) is 18.8. The molecule has 1 saturated heterocycles. The lowest BCUT2D eigenvalue weighted by Gasteiger charge is -2.31. The van der Waals surface area contributed by atoms with Crippen LogP contribution < -0.4 is 5.32 Å². The summed E-state index contributed by atoms with van der Waals surface area (Å²) in [5, 5.41) is 3.76. The van der Waals surface area contributed by atoms with Crippen molar-refractivity contribution < 1.29 is 14.0 Å². The summed E-state index contributed by atoms with van der Waals surface area (Å²) in [6.07, 6.45) is 2.05. The fourth-order valence-electron chi connectivity index (χ4n) is 3.92. The van der Waals surface area contributed by atoms with Gasteiger partial charge in [-0.3, -0.25) is 9.59 Å². The number of piperidine rings is 1. The Morgan fingerprint density at radius 1 is 1.09 bits per heavy atom. The van der Waals surface area contributed by atoms with Crippen molar-refractivity contribution >= 4 is 23.2 Å². The molecule has 0 saturated carbocycles. The van der Waals surface area contributed by atoms with Crippen LogP contribution in [0, 0.1) is 18.7 Å². The molecule has 0 spiro atoms. The molecule has 0 aliphatic carbocycles. The normalized spacial score (nSPS) is 14.4. The summed E-state index contributed by atoms with van der Waals surface area (Å²) < 4.78 is 13.0. The topological polar surface area (TPSA) is 62.3 Å². The molecule has 1 aromatic heterocycles. The smallest absolute Gasteiger partial charge is 0.265 e. The van der Waals surface area contributed by atoms with Gasteiger partial charge in [-0.1, -0.05) is 42.5 Å². The quantitative estimate of drug-likeness (QED) is 0.585. The number of carbonyl (C=O) groups excluding carboxylic acids is 2. The van der Waals surface area contributed by atoms with Gasteiger partial charge in [0.05, 0.1) is 5.69 Å². The highest BCUT2D eigenvalue weighted by molar-refractivity contribution is 7.17. The van der Waals surface area contributed by atoms with Crippen LogP contribution in [0.25, 0.3) is 10.6 Å². The van der Waals surface area contributed by atoms with Crippen molar-refractivity contribution in [1.82, 2.24) is 15.2 Å². The maximum Gasteiger partial charge on any atom is 0.265 e. The minimum atomic E-state index is -0.286. The number of halogens is 1. The Bertz CT molecular complexity index is 1070. The number of rotatable bonds is 6. The average molecular weight is 452 g/mol. The zero-order valence-electron chi connectivity index (χ0n) is 18.0. The number of likely N-dealkylation sites (tertiary alicyclic amines) is 1. The molecule has 0 bridgehead atoms. The number of hydrogen-bond acceptors (Lipinski definition) is 4. The van der Waals surface area contributed by atoms with E-state index in [2.05, 4.69) is 10.3 Å². The van der Waals surface area contributed by atoms with Crippen molar-refractivity contribution in [3.8, 4) is 10.6 Å². The van der Waals surface area contributed by atoms with Crippen LogP contribution in [0.3, 0.4) is 0 Å². The van der Waals surface area contributed by atoms with Crippen molar-refractivity contribution in [3.63, 3.8) is 0 Å². The summed E-state index contributed by atoms with van der Waals surface area (Å²) in [5.41, 5.74) is 2.65. The Balaban J connectivity index is 1.27. The van der Waals surface area contributed by atoms with E-state index >= 15 is 0 Å². The Hall–Kier alpha value is -3.06. The minimum Gasteiger partial charge on any atom is -0.352 e. The predicted molar refractivity (Wildman–Crippen MR) is 124 cm³/mol.